The van der Waals surface area contributed by atoms with E-state index >= 15 is 0 Å². The van der Waals surface area contributed by atoms with Crippen molar-refractivity contribution in [2.45, 2.75) is 213 Å². The summed E-state index contributed by atoms with van der Waals surface area (Å²) in [5, 5.41) is 3.03. The van der Waals surface area contributed by atoms with Gasteiger partial charge in [-0.2, -0.15) is 0 Å². The number of allylic oxidation sites excluding steroid dienone is 2. The highest BCUT2D eigenvalue weighted by Crippen LogP contribution is 2.13. The Kier molecular flexibility index (Phi) is 40.4. The first kappa shape index (κ1) is 42.8. The number of hydrogen-bond donors (Lipinski definition) is 2. The number of amides is 2. The number of primary amides is 1. The molecule has 0 heterocycles. The van der Waals surface area contributed by atoms with Gasteiger partial charge in [-0.15, -0.1) is 0 Å². The van der Waals surface area contributed by atoms with Crippen LogP contribution in [-0.2, 0) is 9.59 Å². The van der Waals surface area contributed by atoms with Crippen LogP contribution in [-0.4, -0.2) is 18.4 Å². The number of rotatable bonds is 32. The lowest BCUT2D eigenvalue weighted by Gasteiger charge is -2.05. The summed E-state index contributed by atoms with van der Waals surface area (Å²) in [5.74, 6) is 0.0926. The molecule has 4 nitrogen and oxygen atoms in total. The Labute approximate surface area is 264 Å². The van der Waals surface area contributed by atoms with Crippen LogP contribution in [0.3, 0.4) is 0 Å². The van der Waals surface area contributed by atoms with Crippen molar-refractivity contribution in [2.75, 3.05) is 6.54 Å². The minimum absolute atomic E-state index is 0.153. The third-order valence-corrected chi connectivity index (χ3v) is 8.04. The molecule has 0 unspecified atom stereocenters. The Bertz CT molecular complexity index is 561. The first-order chi connectivity index (χ1) is 20.6. The number of hydrogen-bond acceptors (Lipinski definition) is 2. The topological polar surface area (TPSA) is 72.2 Å². The molecule has 42 heavy (non-hydrogen) atoms. The van der Waals surface area contributed by atoms with Gasteiger partial charge < -0.3 is 11.1 Å². The highest BCUT2D eigenvalue weighted by molar-refractivity contribution is 5.75. The van der Waals surface area contributed by atoms with Gasteiger partial charge in [0.15, 0.2) is 0 Å². The second kappa shape index (κ2) is 39.7. The summed E-state index contributed by atoms with van der Waals surface area (Å²) in [5.41, 5.74) is 5.11. The van der Waals surface area contributed by atoms with Crippen LogP contribution in [0.4, 0.5) is 0 Å². The molecule has 0 saturated heterocycles. The van der Waals surface area contributed by atoms with Crippen molar-refractivity contribution in [2.24, 2.45) is 5.73 Å². The third-order valence-electron chi connectivity index (χ3n) is 8.04. The van der Waals surface area contributed by atoms with E-state index in [0.717, 1.165) is 25.8 Å². The van der Waals surface area contributed by atoms with Crippen LogP contribution in [0.25, 0.3) is 0 Å². The van der Waals surface area contributed by atoms with Crippen LogP contribution in [0.15, 0.2) is 12.2 Å². The normalized spacial score (nSPS) is 11.0. The molecule has 0 saturated carbocycles. The van der Waals surface area contributed by atoms with Crippen molar-refractivity contribution in [3.8, 4) is 0 Å². The molecule has 0 radical (unpaired) electrons. The van der Waals surface area contributed by atoms with E-state index in [4.69, 9.17) is 5.73 Å². The molecule has 3 N–H and O–H groups in total. The summed E-state index contributed by atoms with van der Waals surface area (Å²) < 4.78 is 0. The van der Waals surface area contributed by atoms with Gasteiger partial charge in [0.1, 0.15) is 0 Å². The van der Waals surface area contributed by atoms with Crippen LogP contribution in [0.5, 0.6) is 0 Å². The van der Waals surface area contributed by atoms with Gasteiger partial charge in [0.2, 0.25) is 11.8 Å². The maximum atomic E-state index is 11.6. The summed E-state index contributed by atoms with van der Waals surface area (Å²) in [7, 11) is 0. The lowest BCUT2D eigenvalue weighted by molar-refractivity contribution is -0.121. The monoisotopic (exact) mass is 593 g/mol. The SMILES string of the molecule is CCCC/C=C\CCCCCCCC(=O)NCCCCCC.CCCCCCCCCCCCCCCCCC(N)=O. The first-order valence-corrected chi connectivity index (χ1v) is 18.8. The maximum Gasteiger partial charge on any atom is 0.219 e. The molecule has 0 aromatic carbocycles. The molecule has 0 bridgehead atoms. The molecule has 0 fully saturated rings. The molecule has 4 heteroatoms. The average molecular weight is 593 g/mol. The quantitative estimate of drug-likeness (QED) is 0.0602. The maximum absolute atomic E-state index is 11.6. The van der Waals surface area contributed by atoms with E-state index in [1.807, 2.05) is 0 Å². The Hall–Kier alpha value is -1.32. The largest absolute Gasteiger partial charge is 0.370 e. The lowest BCUT2D eigenvalue weighted by Crippen LogP contribution is -2.23. The molecular formula is C38H76N2O2. The van der Waals surface area contributed by atoms with Gasteiger partial charge in [0.25, 0.3) is 0 Å². The molecule has 250 valence electrons. The zero-order valence-electron chi connectivity index (χ0n) is 29.0. The van der Waals surface area contributed by atoms with Crippen molar-refractivity contribution in [1.29, 1.82) is 0 Å². The Balaban J connectivity index is 0. The highest BCUT2D eigenvalue weighted by Gasteiger charge is 2.00. The van der Waals surface area contributed by atoms with Gasteiger partial charge >= 0.3 is 0 Å². The number of nitrogens with two attached hydrogens (primary N) is 1. The van der Waals surface area contributed by atoms with Gasteiger partial charge in [0, 0.05) is 19.4 Å². The molecule has 0 atom stereocenters. The van der Waals surface area contributed by atoms with E-state index in [0.29, 0.717) is 12.8 Å². The van der Waals surface area contributed by atoms with Gasteiger partial charge in [-0.3, -0.25) is 9.59 Å². The van der Waals surface area contributed by atoms with E-state index in [1.165, 1.54) is 161 Å². The van der Waals surface area contributed by atoms with Crippen molar-refractivity contribution in [3.05, 3.63) is 12.2 Å². The smallest absolute Gasteiger partial charge is 0.219 e. The van der Waals surface area contributed by atoms with Crippen LogP contribution < -0.4 is 11.1 Å². The summed E-state index contributed by atoms with van der Waals surface area (Å²) in [6.45, 7) is 7.59. The molecular weight excluding hydrogens is 516 g/mol. The fourth-order valence-electron chi connectivity index (χ4n) is 5.17. The number of carbonyl (C=O) groups excluding carboxylic acids is 2. The first-order valence-electron chi connectivity index (χ1n) is 18.8. The molecule has 0 rings (SSSR count). The van der Waals surface area contributed by atoms with Crippen LogP contribution >= 0.6 is 0 Å². The zero-order valence-corrected chi connectivity index (χ0v) is 29.0. The molecule has 0 aliphatic heterocycles. The minimum atomic E-state index is -0.153. The third kappa shape index (κ3) is 43.1. The number of unbranched alkanes of at least 4 members (excludes halogenated alkanes) is 24. The summed E-state index contributed by atoms with van der Waals surface area (Å²) >= 11 is 0. The van der Waals surface area contributed by atoms with Crippen LogP contribution in [0.2, 0.25) is 0 Å². The molecule has 0 aliphatic carbocycles. The van der Waals surface area contributed by atoms with E-state index in [1.54, 1.807) is 0 Å². The van der Waals surface area contributed by atoms with Gasteiger partial charge in [0.05, 0.1) is 0 Å². The molecule has 2 amide bonds. The molecule has 0 spiro atoms. The predicted octanol–water partition coefficient (Wildman–Crippen LogP) is 11.9. The second-order valence-corrected chi connectivity index (χ2v) is 12.5. The summed E-state index contributed by atoms with van der Waals surface area (Å²) in [6.07, 6.45) is 42.3. The van der Waals surface area contributed by atoms with Crippen molar-refractivity contribution in [1.82, 2.24) is 5.32 Å². The summed E-state index contributed by atoms with van der Waals surface area (Å²) in [6, 6.07) is 0. The van der Waals surface area contributed by atoms with E-state index in [2.05, 4.69) is 38.2 Å². The van der Waals surface area contributed by atoms with Crippen molar-refractivity contribution < 1.29 is 9.59 Å². The van der Waals surface area contributed by atoms with E-state index < -0.39 is 0 Å². The van der Waals surface area contributed by atoms with E-state index in [9.17, 15) is 9.59 Å². The van der Waals surface area contributed by atoms with Gasteiger partial charge in [-0.1, -0.05) is 174 Å². The minimum Gasteiger partial charge on any atom is -0.370 e. The molecule has 0 aromatic rings. The van der Waals surface area contributed by atoms with Crippen molar-refractivity contribution in [3.63, 3.8) is 0 Å². The number of nitrogens with one attached hydrogen (secondary N) is 1. The highest BCUT2D eigenvalue weighted by atomic mass is 16.1. The number of carbonyl (C=O) groups is 2. The molecule has 0 aromatic heterocycles. The zero-order chi connectivity index (χ0) is 31.2. The fourth-order valence-corrected chi connectivity index (χ4v) is 5.17. The average Bonchev–Trinajstić information content (AvgIpc) is 2.98. The summed E-state index contributed by atoms with van der Waals surface area (Å²) in [4.78, 5) is 22.2. The molecule has 0 aliphatic rings. The Morgan fingerprint density at radius 1 is 0.452 bits per heavy atom. The Morgan fingerprint density at radius 2 is 0.810 bits per heavy atom. The van der Waals surface area contributed by atoms with Crippen LogP contribution in [0.1, 0.15) is 213 Å². The standard InChI is InChI=1S/C20H39NO.C18H37NO/c1-3-5-7-9-10-11-12-13-14-15-16-18-20(22)21-19-17-8-6-4-2;1-2-3-4-5-6-7-8-9-10-11-12-13-14-15-16-17-18(19)20/h9-10H,3-8,11-19H2,1-2H3,(H,21,22);2-17H2,1H3,(H2,19,20)/b10-9-;. The van der Waals surface area contributed by atoms with Crippen LogP contribution in [0, 0.1) is 0 Å². The lowest BCUT2D eigenvalue weighted by atomic mass is 10.0. The van der Waals surface area contributed by atoms with E-state index in [-0.39, 0.29) is 11.8 Å². The predicted molar refractivity (Wildman–Crippen MR) is 187 cm³/mol. The Morgan fingerprint density at radius 3 is 1.26 bits per heavy atom. The van der Waals surface area contributed by atoms with Gasteiger partial charge in [-0.05, 0) is 38.5 Å². The second-order valence-electron chi connectivity index (χ2n) is 12.5. The fraction of sp³-hybridized carbons (Fsp3) is 0.895. The van der Waals surface area contributed by atoms with Gasteiger partial charge in [-0.25, -0.2) is 0 Å². The van der Waals surface area contributed by atoms with Crippen molar-refractivity contribution >= 4 is 11.8 Å².